The molecule has 9 nitrogen and oxygen atoms in total. The monoisotopic (exact) mass is 454 g/mol. The van der Waals surface area contributed by atoms with E-state index >= 15 is 0 Å². The average Bonchev–Trinajstić information content (AvgIpc) is 3.26. The Morgan fingerprint density at radius 1 is 1.12 bits per heavy atom. The number of ether oxygens (including phenoxy) is 3. The number of fused-ring (bicyclic) bond motifs is 1. The summed E-state index contributed by atoms with van der Waals surface area (Å²) in [5.74, 6) is 2.31. The Morgan fingerprint density at radius 3 is 2.70 bits per heavy atom. The van der Waals surface area contributed by atoms with Crippen LogP contribution in [0.2, 0.25) is 0 Å². The highest BCUT2D eigenvalue weighted by atomic mass is 16.5. The van der Waals surface area contributed by atoms with Gasteiger partial charge in [-0.25, -0.2) is 0 Å². The van der Waals surface area contributed by atoms with Gasteiger partial charge in [0.25, 0.3) is 0 Å². The number of hydrazone groups is 1. The number of aromatic nitrogens is 2. The Morgan fingerprint density at radius 2 is 1.91 bits per heavy atom. The Bertz CT molecular complexity index is 926. The second-order valence-electron chi connectivity index (χ2n) is 8.14. The lowest BCUT2D eigenvalue weighted by Gasteiger charge is -2.26. The number of morpholine rings is 1. The molecule has 178 valence electrons. The van der Waals surface area contributed by atoms with E-state index in [1.807, 2.05) is 30.3 Å². The van der Waals surface area contributed by atoms with E-state index in [1.54, 1.807) is 0 Å². The van der Waals surface area contributed by atoms with Gasteiger partial charge >= 0.3 is 6.01 Å². The van der Waals surface area contributed by atoms with Crippen molar-refractivity contribution in [2.24, 2.45) is 5.10 Å². The van der Waals surface area contributed by atoms with Gasteiger partial charge in [0, 0.05) is 44.4 Å². The van der Waals surface area contributed by atoms with E-state index in [2.05, 4.69) is 39.2 Å². The number of hydrogen-bond acceptors (Lipinski definition) is 9. The van der Waals surface area contributed by atoms with Crippen molar-refractivity contribution in [3.63, 3.8) is 0 Å². The van der Waals surface area contributed by atoms with Crippen LogP contribution in [0.25, 0.3) is 0 Å². The summed E-state index contributed by atoms with van der Waals surface area (Å²) in [5, 5.41) is 4.58. The van der Waals surface area contributed by atoms with Crippen molar-refractivity contribution < 1.29 is 14.2 Å². The van der Waals surface area contributed by atoms with Crippen LogP contribution in [0.1, 0.15) is 32.3 Å². The van der Waals surface area contributed by atoms with Gasteiger partial charge in [0.15, 0.2) is 5.82 Å². The van der Waals surface area contributed by atoms with E-state index in [1.165, 1.54) is 0 Å². The molecule has 1 N–H and O–H groups in total. The normalized spacial score (nSPS) is 17.0. The van der Waals surface area contributed by atoms with Crippen molar-refractivity contribution in [3.05, 3.63) is 35.9 Å². The highest BCUT2D eigenvalue weighted by Crippen LogP contribution is 2.25. The molecule has 1 aromatic heterocycles. The second kappa shape index (κ2) is 11.8. The number of nitrogens with zero attached hydrogens (tertiary/aromatic N) is 5. The molecule has 0 spiro atoms. The number of anilines is 2. The van der Waals surface area contributed by atoms with E-state index < -0.39 is 0 Å². The van der Waals surface area contributed by atoms with E-state index in [0.29, 0.717) is 25.0 Å². The molecular formula is C24H34N6O3. The van der Waals surface area contributed by atoms with Crippen molar-refractivity contribution in [1.29, 1.82) is 0 Å². The topological polar surface area (TPSA) is 84.3 Å². The fourth-order valence-electron chi connectivity index (χ4n) is 3.94. The molecule has 0 atom stereocenters. The third-order valence-electron chi connectivity index (χ3n) is 5.61. The Kier molecular flexibility index (Phi) is 8.32. The smallest absolute Gasteiger partial charge is 0.320 e. The van der Waals surface area contributed by atoms with Crippen LogP contribution in [0, 0.1) is 0 Å². The van der Waals surface area contributed by atoms with Crippen LogP contribution in [0.15, 0.2) is 35.4 Å². The van der Waals surface area contributed by atoms with Crippen LogP contribution in [0.3, 0.4) is 0 Å². The molecule has 0 radical (unpaired) electrons. The molecule has 0 bridgehead atoms. The molecule has 2 aliphatic heterocycles. The summed E-state index contributed by atoms with van der Waals surface area (Å²) < 4.78 is 17.1. The number of nitrogens with one attached hydrogen (secondary N) is 1. The SMILES string of the molecule is CCCN(CCC)c1cc(N/N=C2\COc3ccccc32)nc(OCCN2CCOCC2)n1. The van der Waals surface area contributed by atoms with Gasteiger partial charge in [-0.3, -0.25) is 10.3 Å². The molecule has 9 heteroatoms. The number of rotatable bonds is 11. The van der Waals surface area contributed by atoms with Gasteiger partial charge in [0.05, 0.1) is 13.2 Å². The second-order valence-corrected chi connectivity index (χ2v) is 8.14. The summed E-state index contributed by atoms with van der Waals surface area (Å²) >= 11 is 0. The van der Waals surface area contributed by atoms with Crippen molar-refractivity contribution in [2.75, 3.05) is 69.5 Å². The maximum atomic E-state index is 5.98. The van der Waals surface area contributed by atoms with Crippen LogP contribution >= 0.6 is 0 Å². The maximum absolute atomic E-state index is 5.98. The number of benzene rings is 1. The third-order valence-corrected chi connectivity index (χ3v) is 5.61. The van der Waals surface area contributed by atoms with Crippen LogP contribution < -0.4 is 19.8 Å². The minimum Gasteiger partial charge on any atom is -0.487 e. The molecule has 4 rings (SSSR count). The lowest BCUT2D eigenvalue weighted by molar-refractivity contribution is 0.0317. The highest BCUT2D eigenvalue weighted by Gasteiger charge is 2.19. The van der Waals surface area contributed by atoms with E-state index in [9.17, 15) is 0 Å². The standard InChI is InChI=1S/C24H34N6O3/c1-3-9-30(10-4-2)23-17-22(28-27-20-18-33-21-8-6-5-7-19(20)21)25-24(26-23)32-16-13-29-11-14-31-15-12-29/h5-8,17H,3-4,9-16,18H2,1-2H3,(H,25,26,28)/b27-20+. The minimum absolute atomic E-state index is 0.365. The van der Waals surface area contributed by atoms with Crippen LogP contribution in [-0.4, -0.2) is 79.7 Å². The number of hydrogen-bond donors (Lipinski definition) is 1. The summed E-state index contributed by atoms with van der Waals surface area (Å²) in [4.78, 5) is 13.9. The number of para-hydroxylation sites is 1. The molecule has 0 unspecified atom stereocenters. The van der Waals surface area contributed by atoms with Gasteiger partial charge in [0.1, 0.15) is 30.5 Å². The molecule has 1 saturated heterocycles. The first-order chi connectivity index (χ1) is 16.3. The first-order valence-corrected chi connectivity index (χ1v) is 11.9. The largest absolute Gasteiger partial charge is 0.487 e. The van der Waals surface area contributed by atoms with Gasteiger partial charge < -0.3 is 19.1 Å². The summed E-state index contributed by atoms with van der Waals surface area (Å²) in [6.07, 6.45) is 2.08. The Labute approximate surface area is 195 Å². The first-order valence-electron chi connectivity index (χ1n) is 11.9. The maximum Gasteiger partial charge on any atom is 0.320 e. The van der Waals surface area contributed by atoms with Crippen LogP contribution in [0.5, 0.6) is 11.8 Å². The van der Waals surface area contributed by atoms with Gasteiger partial charge in [0.2, 0.25) is 0 Å². The predicted octanol–water partition coefficient (Wildman–Crippen LogP) is 3.02. The molecule has 0 aliphatic carbocycles. The summed E-state index contributed by atoms with van der Waals surface area (Å²) in [5.41, 5.74) is 4.96. The van der Waals surface area contributed by atoms with Crippen molar-refractivity contribution in [1.82, 2.24) is 14.9 Å². The Balaban J connectivity index is 1.50. The molecule has 3 heterocycles. The van der Waals surface area contributed by atoms with Gasteiger partial charge in [-0.2, -0.15) is 15.1 Å². The molecule has 2 aliphatic rings. The minimum atomic E-state index is 0.365. The van der Waals surface area contributed by atoms with Crippen molar-refractivity contribution >= 4 is 17.3 Å². The van der Waals surface area contributed by atoms with Crippen LogP contribution in [0.4, 0.5) is 11.6 Å². The van der Waals surface area contributed by atoms with E-state index in [4.69, 9.17) is 19.2 Å². The first kappa shape index (κ1) is 23.3. The Hall–Kier alpha value is -2.91. The third kappa shape index (κ3) is 6.33. The molecule has 2 aromatic rings. The molecular weight excluding hydrogens is 420 g/mol. The van der Waals surface area contributed by atoms with Crippen LogP contribution in [-0.2, 0) is 4.74 Å². The quantitative estimate of drug-likeness (QED) is 0.519. The summed E-state index contributed by atoms with van der Waals surface area (Å²) in [6, 6.07) is 10.2. The van der Waals surface area contributed by atoms with E-state index in [0.717, 1.165) is 81.6 Å². The predicted molar refractivity (Wildman–Crippen MR) is 130 cm³/mol. The molecule has 0 amide bonds. The van der Waals surface area contributed by atoms with Crippen molar-refractivity contribution in [3.8, 4) is 11.8 Å². The molecule has 33 heavy (non-hydrogen) atoms. The van der Waals surface area contributed by atoms with Gasteiger partial charge in [-0.05, 0) is 25.0 Å². The highest BCUT2D eigenvalue weighted by molar-refractivity contribution is 6.06. The van der Waals surface area contributed by atoms with E-state index in [-0.39, 0.29) is 0 Å². The lowest BCUT2D eigenvalue weighted by atomic mass is 10.1. The van der Waals surface area contributed by atoms with Crippen molar-refractivity contribution in [2.45, 2.75) is 26.7 Å². The summed E-state index contributed by atoms with van der Waals surface area (Å²) in [7, 11) is 0. The van der Waals surface area contributed by atoms with Gasteiger partial charge in [-0.15, -0.1) is 0 Å². The zero-order chi connectivity index (χ0) is 22.9. The fraction of sp³-hybridized carbons (Fsp3) is 0.542. The zero-order valence-corrected chi connectivity index (χ0v) is 19.6. The molecule has 1 aromatic carbocycles. The van der Waals surface area contributed by atoms with Gasteiger partial charge in [-0.1, -0.05) is 26.0 Å². The average molecular weight is 455 g/mol. The molecule has 0 saturated carbocycles. The fourth-order valence-corrected chi connectivity index (χ4v) is 3.94. The lowest BCUT2D eigenvalue weighted by Crippen LogP contribution is -2.38. The summed E-state index contributed by atoms with van der Waals surface area (Å²) in [6.45, 7) is 11.4. The zero-order valence-electron chi connectivity index (χ0n) is 19.6. The molecule has 1 fully saturated rings.